The average Bonchev–Trinajstić information content (AvgIpc) is 2.47. The zero-order chi connectivity index (χ0) is 15.4. The van der Waals surface area contributed by atoms with E-state index in [1.807, 2.05) is 12.3 Å². The molecule has 0 saturated carbocycles. The van der Waals surface area contributed by atoms with Gasteiger partial charge in [0.15, 0.2) is 0 Å². The number of carboxylic acid groups (broad SMARTS) is 1. The van der Waals surface area contributed by atoms with Crippen molar-refractivity contribution in [2.24, 2.45) is 5.92 Å². The number of nitrogens with one attached hydrogen (secondary N) is 1. The van der Waals surface area contributed by atoms with Crippen molar-refractivity contribution < 1.29 is 14.7 Å². The Morgan fingerprint density at radius 1 is 1.48 bits per heavy atom. The van der Waals surface area contributed by atoms with Crippen LogP contribution in [0.5, 0.6) is 0 Å². The van der Waals surface area contributed by atoms with Crippen LogP contribution in [0.4, 0.5) is 10.5 Å². The number of carbonyl (C=O) groups excluding carboxylic acids is 1. The Morgan fingerprint density at radius 3 is 2.90 bits per heavy atom. The molecule has 1 aliphatic heterocycles. The van der Waals surface area contributed by atoms with E-state index >= 15 is 0 Å². The number of carboxylic acids is 1. The zero-order valence-electron chi connectivity index (χ0n) is 11.6. The second kappa shape index (κ2) is 7.04. The molecular weight excluding hydrogens is 312 g/mol. The van der Waals surface area contributed by atoms with Crippen LogP contribution < -0.4 is 5.32 Å². The highest BCUT2D eigenvalue weighted by molar-refractivity contribution is 7.98. The lowest BCUT2D eigenvalue weighted by atomic mass is 9.99. The third-order valence-electron chi connectivity index (χ3n) is 3.46. The molecule has 1 aromatic rings. The summed E-state index contributed by atoms with van der Waals surface area (Å²) in [6.45, 7) is 0.821. The van der Waals surface area contributed by atoms with Gasteiger partial charge in [0.1, 0.15) is 0 Å². The van der Waals surface area contributed by atoms with E-state index in [-0.39, 0.29) is 12.6 Å². The third kappa shape index (κ3) is 4.04. The summed E-state index contributed by atoms with van der Waals surface area (Å²) in [7, 11) is 0. The van der Waals surface area contributed by atoms with Crippen molar-refractivity contribution in [1.82, 2.24) is 4.90 Å². The maximum Gasteiger partial charge on any atom is 0.321 e. The van der Waals surface area contributed by atoms with E-state index in [1.54, 1.807) is 17.0 Å². The van der Waals surface area contributed by atoms with Gasteiger partial charge in [0.05, 0.1) is 11.6 Å². The fraction of sp³-hybridized carbons (Fsp3) is 0.429. The number of hydrogen-bond acceptors (Lipinski definition) is 3. The van der Waals surface area contributed by atoms with Crippen LogP contribution in [-0.4, -0.2) is 41.4 Å². The lowest BCUT2D eigenvalue weighted by Gasteiger charge is -2.30. The van der Waals surface area contributed by atoms with Gasteiger partial charge >= 0.3 is 12.0 Å². The summed E-state index contributed by atoms with van der Waals surface area (Å²) >= 11 is 7.47. The number of rotatable bonds is 3. The van der Waals surface area contributed by atoms with Crippen LogP contribution in [0.3, 0.4) is 0 Å². The average molecular weight is 329 g/mol. The molecule has 0 bridgehead atoms. The number of benzene rings is 1. The van der Waals surface area contributed by atoms with Crippen LogP contribution >= 0.6 is 23.4 Å². The lowest BCUT2D eigenvalue weighted by molar-refractivity contribution is -0.143. The second-order valence-corrected chi connectivity index (χ2v) is 6.18. The highest BCUT2D eigenvalue weighted by Gasteiger charge is 2.28. The number of carbonyl (C=O) groups is 2. The van der Waals surface area contributed by atoms with E-state index in [2.05, 4.69) is 5.32 Å². The van der Waals surface area contributed by atoms with Gasteiger partial charge in [-0.1, -0.05) is 11.6 Å². The number of aliphatic carboxylic acids is 1. The summed E-state index contributed by atoms with van der Waals surface area (Å²) in [5, 5.41) is 12.4. The number of nitrogens with zero attached hydrogens (tertiary/aromatic N) is 1. The number of anilines is 1. The Balaban J connectivity index is 2.07. The van der Waals surface area contributed by atoms with Gasteiger partial charge in [0.2, 0.25) is 0 Å². The molecule has 1 unspecified atom stereocenters. The molecule has 2 rings (SSSR count). The van der Waals surface area contributed by atoms with Crippen LogP contribution in [0.2, 0.25) is 5.02 Å². The van der Waals surface area contributed by atoms with Gasteiger partial charge in [0, 0.05) is 23.0 Å². The molecule has 1 heterocycles. The molecule has 0 aliphatic carbocycles. The first kappa shape index (κ1) is 16.0. The maximum absolute atomic E-state index is 12.3. The molecule has 1 aliphatic rings. The van der Waals surface area contributed by atoms with Gasteiger partial charge in [-0.2, -0.15) is 0 Å². The number of likely N-dealkylation sites (tertiary alicyclic amines) is 1. The minimum atomic E-state index is -0.847. The number of urea groups is 1. The van der Waals surface area contributed by atoms with Crippen molar-refractivity contribution in [2.75, 3.05) is 24.7 Å². The van der Waals surface area contributed by atoms with E-state index < -0.39 is 11.9 Å². The monoisotopic (exact) mass is 328 g/mol. The zero-order valence-corrected chi connectivity index (χ0v) is 13.2. The second-order valence-electron chi connectivity index (χ2n) is 4.90. The van der Waals surface area contributed by atoms with Gasteiger partial charge in [-0.25, -0.2) is 4.79 Å². The molecule has 7 heteroatoms. The van der Waals surface area contributed by atoms with Crippen LogP contribution in [0, 0.1) is 5.92 Å². The summed E-state index contributed by atoms with van der Waals surface area (Å²) in [5.41, 5.74) is 0.650. The van der Waals surface area contributed by atoms with Gasteiger partial charge in [-0.15, -0.1) is 11.8 Å². The number of halogens is 1. The summed E-state index contributed by atoms with van der Waals surface area (Å²) in [4.78, 5) is 25.8. The summed E-state index contributed by atoms with van der Waals surface area (Å²) < 4.78 is 0. The third-order valence-corrected chi connectivity index (χ3v) is 4.49. The van der Waals surface area contributed by atoms with Crippen LogP contribution in [0.15, 0.2) is 23.1 Å². The van der Waals surface area contributed by atoms with Crippen molar-refractivity contribution in [3.63, 3.8) is 0 Å². The van der Waals surface area contributed by atoms with Crippen molar-refractivity contribution >= 4 is 41.1 Å². The van der Waals surface area contributed by atoms with Crippen molar-refractivity contribution in [3.05, 3.63) is 23.2 Å². The summed E-state index contributed by atoms with van der Waals surface area (Å²) in [6, 6.07) is 5.03. The Hall–Kier alpha value is -1.40. The Kier molecular flexibility index (Phi) is 5.36. The first-order chi connectivity index (χ1) is 10.0. The molecule has 21 heavy (non-hydrogen) atoms. The van der Waals surface area contributed by atoms with Crippen molar-refractivity contribution in [1.29, 1.82) is 0 Å². The molecule has 1 atom stereocenters. The van der Waals surface area contributed by atoms with Gasteiger partial charge in [-0.3, -0.25) is 4.79 Å². The SMILES string of the molecule is CSc1ccc(Cl)cc1NC(=O)N1CCCC(C(=O)O)C1. The Labute approximate surface area is 132 Å². The maximum atomic E-state index is 12.3. The normalized spacial score (nSPS) is 18.4. The fourth-order valence-electron chi connectivity index (χ4n) is 2.34. The molecular formula is C14H17ClN2O3S. The van der Waals surface area contributed by atoms with Crippen molar-refractivity contribution in [2.45, 2.75) is 17.7 Å². The van der Waals surface area contributed by atoms with Crippen molar-refractivity contribution in [3.8, 4) is 0 Å². The van der Waals surface area contributed by atoms with E-state index in [0.717, 1.165) is 4.90 Å². The Morgan fingerprint density at radius 2 is 2.24 bits per heavy atom. The first-order valence-corrected chi connectivity index (χ1v) is 8.24. The molecule has 2 amide bonds. The largest absolute Gasteiger partial charge is 0.481 e. The van der Waals surface area contributed by atoms with E-state index in [1.165, 1.54) is 11.8 Å². The lowest BCUT2D eigenvalue weighted by Crippen LogP contribution is -2.44. The van der Waals surface area contributed by atoms with Gasteiger partial charge in [0.25, 0.3) is 0 Å². The number of piperidine rings is 1. The topological polar surface area (TPSA) is 69.6 Å². The van der Waals surface area contributed by atoms with Crippen LogP contribution in [0.25, 0.3) is 0 Å². The fourth-order valence-corrected chi connectivity index (χ4v) is 3.04. The number of amides is 2. The highest BCUT2D eigenvalue weighted by atomic mass is 35.5. The molecule has 0 aromatic heterocycles. The highest BCUT2D eigenvalue weighted by Crippen LogP contribution is 2.29. The van der Waals surface area contributed by atoms with Crippen LogP contribution in [-0.2, 0) is 4.79 Å². The van der Waals surface area contributed by atoms with E-state index in [4.69, 9.17) is 16.7 Å². The minimum Gasteiger partial charge on any atom is -0.481 e. The van der Waals surface area contributed by atoms with E-state index in [0.29, 0.717) is 30.1 Å². The quantitative estimate of drug-likeness (QED) is 0.834. The number of hydrogen-bond donors (Lipinski definition) is 2. The molecule has 1 aromatic carbocycles. The smallest absolute Gasteiger partial charge is 0.321 e. The summed E-state index contributed by atoms with van der Waals surface area (Å²) in [5.74, 6) is -1.33. The molecule has 0 radical (unpaired) electrons. The minimum absolute atomic E-state index is 0.246. The molecule has 114 valence electrons. The standard InChI is InChI=1S/C14H17ClN2O3S/c1-21-12-5-4-10(15)7-11(12)16-14(20)17-6-2-3-9(8-17)13(18)19/h4-5,7,9H,2-3,6,8H2,1H3,(H,16,20)(H,18,19). The molecule has 0 spiro atoms. The van der Waals surface area contributed by atoms with E-state index in [9.17, 15) is 9.59 Å². The Bertz CT molecular complexity index is 553. The van der Waals surface area contributed by atoms with Crippen LogP contribution in [0.1, 0.15) is 12.8 Å². The molecule has 1 saturated heterocycles. The van der Waals surface area contributed by atoms with Gasteiger partial charge < -0.3 is 15.3 Å². The molecule has 2 N–H and O–H groups in total. The predicted molar refractivity (Wildman–Crippen MR) is 84.2 cm³/mol. The van der Waals surface area contributed by atoms with Gasteiger partial charge in [-0.05, 0) is 37.3 Å². The molecule has 1 fully saturated rings. The first-order valence-electron chi connectivity index (χ1n) is 6.63. The summed E-state index contributed by atoms with van der Waals surface area (Å²) in [6.07, 6.45) is 3.24. The predicted octanol–water partition coefficient (Wildman–Crippen LogP) is 3.39. The number of thioether (sulfide) groups is 1. The molecule has 5 nitrogen and oxygen atoms in total.